The molecule has 1 N–H and O–H groups in total. The first-order chi connectivity index (χ1) is 11.1. The van der Waals surface area contributed by atoms with E-state index in [4.69, 9.17) is 21.4 Å². The summed E-state index contributed by atoms with van der Waals surface area (Å²) < 4.78 is 5.52. The van der Waals surface area contributed by atoms with Crippen molar-refractivity contribution < 1.29 is 14.6 Å². The maximum atomic E-state index is 10.6. The van der Waals surface area contributed by atoms with E-state index in [2.05, 4.69) is 11.8 Å². The van der Waals surface area contributed by atoms with Gasteiger partial charge in [-0.2, -0.15) is 0 Å². The van der Waals surface area contributed by atoms with E-state index in [1.54, 1.807) is 30.4 Å². The molecule has 116 valence electrons. The second kappa shape index (κ2) is 8.67. The van der Waals surface area contributed by atoms with Gasteiger partial charge in [0.05, 0.1) is 11.4 Å². The summed E-state index contributed by atoms with van der Waals surface area (Å²) in [5.41, 5.74) is 1.59. The molecule has 0 atom stereocenters. The molecule has 0 amide bonds. The molecule has 0 spiro atoms. The largest absolute Gasteiger partial charge is 0.488 e. The van der Waals surface area contributed by atoms with Crippen molar-refractivity contribution in [1.29, 1.82) is 0 Å². The smallest absolute Gasteiger partial charge is 0.307 e. The van der Waals surface area contributed by atoms with Crippen LogP contribution < -0.4 is 4.74 Å². The van der Waals surface area contributed by atoms with Crippen LogP contribution in [0.5, 0.6) is 5.75 Å². The lowest BCUT2D eigenvalue weighted by Crippen LogP contribution is -2.00. The topological polar surface area (TPSA) is 46.5 Å². The Morgan fingerprint density at radius 3 is 2.70 bits per heavy atom. The number of aliphatic carboxylic acids is 1. The number of carbonyl (C=O) groups is 1. The summed E-state index contributed by atoms with van der Waals surface area (Å²) in [6, 6.07) is 14.7. The number of carboxylic acids is 1. The molecule has 0 aliphatic heterocycles. The van der Waals surface area contributed by atoms with Crippen molar-refractivity contribution in [2.75, 3.05) is 6.61 Å². The number of hydrogen-bond donors (Lipinski definition) is 1. The van der Waals surface area contributed by atoms with Crippen molar-refractivity contribution in [3.63, 3.8) is 0 Å². The first-order valence-electron chi connectivity index (χ1n) is 7.00. The third-order valence-electron chi connectivity index (χ3n) is 2.88. The zero-order valence-corrected chi connectivity index (χ0v) is 13.1. The van der Waals surface area contributed by atoms with Gasteiger partial charge in [-0.25, -0.2) is 0 Å². The van der Waals surface area contributed by atoms with Gasteiger partial charge in [0.2, 0.25) is 0 Å². The third kappa shape index (κ3) is 5.90. The Morgan fingerprint density at radius 1 is 1.22 bits per heavy atom. The number of rotatable bonds is 5. The minimum Gasteiger partial charge on any atom is -0.488 e. The van der Waals surface area contributed by atoms with Gasteiger partial charge >= 0.3 is 5.97 Å². The lowest BCUT2D eigenvalue weighted by Gasteiger charge is -2.06. The molecule has 23 heavy (non-hydrogen) atoms. The SMILES string of the molecule is O=C(O)Cc1ccc(OCC=CC#Cc2ccccc2)c(Cl)c1. The van der Waals surface area contributed by atoms with Gasteiger partial charge in [0.1, 0.15) is 12.4 Å². The Bertz CT molecular complexity index is 755. The molecule has 0 heterocycles. The summed E-state index contributed by atoms with van der Waals surface area (Å²) in [7, 11) is 0. The summed E-state index contributed by atoms with van der Waals surface area (Å²) >= 11 is 6.06. The van der Waals surface area contributed by atoms with Gasteiger partial charge in [0, 0.05) is 5.56 Å². The van der Waals surface area contributed by atoms with E-state index in [1.165, 1.54) is 0 Å². The Hall–Kier alpha value is -2.70. The summed E-state index contributed by atoms with van der Waals surface area (Å²) in [5.74, 6) is 5.55. The normalized spacial score (nSPS) is 10.1. The average Bonchev–Trinajstić information content (AvgIpc) is 2.53. The number of benzene rings is 2. The molecule has 0 aliphatic rings. The fourth-order valence-corrected chi connectivity index (χ4v) is 2.10. The molecular weight excluding hydrogens is 312 g/mol. The number of ether oxygens (including phenoxy) is 1. The summed E-state index contributed by atoms with van der Waals surface area (Å²) in [5, 5.41) is 9.13. The molecule has 2 aromatic carbocycles. The van der Waals surface area contributed by atoms with Crippen LogP contribution in [0.2, 0.25) is 5.02 Å². The monoisotopic (exact) mass is 326 g/mol. The Kier molecular flexibility index (Phi) is 6.28. The standard InChI is InChI=1S/C19H15ClO3/c20-17-13-16(14-19(21)22)10-11-18(17)23-12-6-2-5-9-15-7-3-1-4-8-15/h1-4,6-8,10-11,13H,12,14H2,(H,21,22). The van der Waals surface area contributed by atoms with Crippen LogP contribution in [0.3, 0.4) is 0 Å². The molecule has 0 radical (unpaired) electrons. The van der Waals surface area contributed by atoms with Crippen LogP contribution in [0.15, 0.2) is 60.7 Å². The first-order valence-corrected chi connectivity index (χ1v) is 7.37. The van der Waals surface area contributed by atoms with Crippen molar-refractivity contribution in [2.45, 2.75) is 6.42 Å². The fraction of sp³-hybridized carbons (Fsp3) is 0.105. The van der Waals surface area contributed by atoms with Crippen molar-refractivity contribution >= 4 is 17.6 Å². The van der Waals surface area contributed by atoms with Gasteiger partial charge < -0.3 is 9.84 Å². The predicted molar refractivity (Wildman–Crippen MR) is 90.7 cm³/mol. The van der Waals surface area contributed by atoms with Crippen molar-refractivity contribution in [3.8, 4) is 17.6 Å². The molecule has 0 fully saturated rings. The van der Waals surface area contributed by atoms with Gasteiger partial charge in [-0.05, 0) is 42.0 Å². The van der Waals surface area contributed by atoms with E-state index in [-0.39, 0.29) is 6.42 Å². The number of hydrogen-bond acceptors (Lipinski definition) is 2. The second-order valence-electron chi connectivity index (χ2n) is 4.68. The molecule has 0 aliphatic carbocycles. The Balaban J connectivity index is 1.85. The maximum Gasteiger partial charge on any atom is 0.307 e. The van der Waals surface area contributed by atoms with Crippen molar-refractivity contribution in [3.05, 3.63) is 76.8 Å². The Labute approximate surface area is 140 Å². The number of halogens is 1. The molecular formula is C19H15ClO3. The lowest BCUT2D eigenvalue weighted by molar-refractivity contribution is -0.136. The van der Waals surface area contributed by atoms with Crippen LogP contribution in [0.25, 0.3) is 0 Å². The van der Waals surface area contributed by atoms with Gasteiger partial charge in [-0.3, -0.25) is 4.79 Å². The molecule has 2 aromatic rings. The molecule has 0 saturated carbocycles. The fourth-order valence-electron chi connectivity index (χ4n) is 1.84. The van der Waals surface area contributed by atoms with Crippen LogP contribution >= 0.6 is 11.6 Å². The van der Waals surface area contributed by atoms with E-state index in [1.807, 2.05) is 30.3 Å². The summed E-state index contributed by atoms with van der Waals surface area (Å²) in [6.45, 7) is 0.335. The molecule has 0 unspecified atom stereocenters. The van der Waals surface area contributed by atoms with Gasteiger partial charge in [0.25, 0.3) is 0 Å². The highest BCUT2D eigenvalue weighted by Crippen LogP contribution is 2.25. The minimum atomic E-state index is -0.894. The van der Waals surface area contributed by atoms with Crippen LogP contribution in [0.1, 0.15) is 11.1 Å². The molecule has 0 saturated heterocycles. The van der Waals surface area contributed by atoms with Crippen LogP contribution in [0.4, 0.5) is 0 Å². The zero-order valence-electron chi connectivity index (χ0n) is 12.3. The van der Waals surface area contributed by atoms with E-state index >= 15 is 0 Å². The van der Waals surface area contributed by atoms with E-state index in [9.17, 15) is 4.79 Å². The molecule has 0 aromatic heterocycles. The highest BCUT2D eigenvalue weighted by atomic mass is 35.5. The third-order valence-corrected chi connectivity index (χ3v) is 3.17. The molecule has 2 rings (SSSR count). The average molecular weight is 327 g/mol. The van der Waals surface area contributed by atoms with Crippen molar-refractivity contribution in [2.24, 2.45) is 0 Å². The Morgan fingerprint density at radius 2 is 2.00 bits per heavy atom. The highest BCUT2D eigenvalue weighted by Gasteiger charge is 2.05. The van der Waals surface area contributed by atoms with E-state index < -0.39 is 5.97 Å². The molecule has 3 nitrogen and oxygen atoms in total. The molecule has 0 bridgehead atoms. The number of carboxylic acid groups (broad SMARTS) is 1. The number of allylic oxidation sites excluding steroid dienone is 1. The van der Waals surface area contributed by atoms with Crippen molar-refractivity contribution in [1.82, 2.24) is 0 Å². The van der Waals surface area contributed by atoms with Gasteiger partial charge in [0.15, 0.2) is 0 Å². The highest BCUT2D eigenvalue weighted by molar-refractivity contribution is 6.32. The van der Waals surface area contributed by atoms with Gasteiger partial charge in [-0.15, -0.1) is 0 Å². The van der Waals surface area contributed by atoms with Crippen LogP contribution in [-0.2, 0) is 11.2 Å². The first kappa shape index (κ1) is 16.7. The van der Waals surface area contributed by atoms with E-state index in [0.717, 1.165) is 5.56 Å². The van der Waals surface area contributed by atoms with Crippen LogP contribution in [0, 0.1) is 11.8 Å². The lowest BCUT2D eigenvalue weighted by atomic mass is 10.1. The molecule has 4 heteroatoms. The second-order valence-corrected chi connectivity index (χ2v) is 5.09. The maximum absolute atomic E-state index is 10.6. The summed E-state index contributed by atoms with van der Waals surface area (Å²) in [6.07, 6.45) is 3.45. The predicted octanol–water partition coefficient (Wildman–Crippen LogP) is 3.95. The van der Waals surface area contributed by atoms with Crippen LogP contribution in [-0.4, -0.2) is 17.7 Å². The quantitative estimate of drug-likeness (QED) is 0.846. The minimum absolute atomic E-state index is 0.0605. The summed E-state index contributed by atoms with van der Waals surface area (Å²) in [4.78, 5) is 10.6. The van der Waals surface area contributed by atoms with E-state index in [0.29, 0.717) is 22.9 Å². The van der Waals surface area contributed by atoms with Gasteiger partial charge in [-0.1, -0.05) is 47.7 Å². The zero-order chi connectivity index (χ0) is 16.5.